The number of carbonyl (C=O) groups excluding carboxylic acids is 2. The molecular formula is C13H18N2O3. The standard InChI is InChI=1S/C13H18N2O3/c1-9(2)13(17)18-7-5-6-12(16)15-11(4)8-10(3)14-15/h8H,1,5-7H2,2-4H3. The molecule has 0 unspecified atom stereocenters. The maximum atomic E-state index is 11.8. The van der Waals surface area contributed by atoms with Gasteiger partial charge in [0.15, 0.2) is 0 Å². The van der Waals surface area contributed by atoms with E-state index >= 15 is 0 Å². The second kappa shape index (κ2) is 6.14. The summed E-state index contributed by atoms with van der Waals surface area (Å²) in [5, 5.41) is 4.10. The first-order valence-corrected chi connectivity index (χ1v) is 5.81. The van der Waals surface area contributed by atoms with Gasteiger partial charge in [-0.2, -0.15) is 5.10 Å². The highest BCUT2D eigenvalue weighted by Gasteiger charge is 2.10. The van der Waals surface area contributed by atoms with E-state index < -0.39 is 5.97 Å². The highest BCUT2D eigenvalue weighted by atomic mass is 16.5. The largest absolute Gasteiger partial charge is 0.462 e. The van der Waals surface area contributed by atoms with Crippen LogP contribution in [-0.2, 0) is 9.53 Å². The van der Waals surface area contributed by atoms with Crippen LogP contribution in [0.3, 0.4) is 0 Å². The first-order valence-electron chi connectivity index (χ1n) is 5.81. The summed E-state index contributed by atoms with van der Waals surface area (Å²) in [5.41, 5.74) is 1.99. The molecule has 0 spiro atoms. The normalized spacial score (nSPS) is 10.2. The molecule has 18 heavy (non-hydrogen) atoms. The molecule has 1 heterocycles. The Morgan fingerprint density at radius 2 is 2.11 bits per heavy atom. The van der Waals surface area contributed by atoms with Crippen molar-refractivity contribution >= 4 is 11.9 Å². The molecule has 0 saturated heterocycles. The van der Waals surface area contributed by atoms with Gasteiger partial charge in [-0.25, -0.2) is 9.48 Å². The molecule has 1 aromatic rings. The number of ether oxygens (including phenoxy) is 1. The van der Waals surface area contributed by atoms with Crippen molar-refractivity contribution in [2.75, 3.05) is 6.61 Å². The van der Waals surface area contributed by atoms with Gasteiger partial charge in [0.2, 0.25) is 5.91 Å². The number of aromatic nitrogens is 2. The number of aryl methyl sites for hydroxylation is 2. The quantitative estimate of drug-likeness (QED) is 0.456. The van der Waals surface area contributed by atoms with Crippen LogP contribution in [0.5, 0.6) is 0 Å². The van der Waals surface area contributed by atoms with E-state index in [0.717, 1.165) is 11.4 Å². The first kappa shape index (κ1) is 14.2. The van der Waals surface area contributed by atoms with Crippen molar-refractivity contribution in [3.05, 3.63) is 29.6 Å². The van der Waals surface area contributed by atoms with Crippen molar-refractivity contribution in [3.63, 3.8) is 0 Å². The predicted octanol–water partition coefficient (Wildman–Crippen LogP) is 2.04. The molecule has 0 aliphatic heterocycles. The molecule has 0 fully saturated rings. The van der Waals surface area contributed by atoms with E-state index in [1.165, 1.54) is 4.68 Å². The van der Waals surface area contributed by atoms with Gasteiger partial charge in [0, 0.05) is 17.7 Å². The lowest BCUT2D eigenvalue weighted by atomic mass is 10.3. The number of rotatable bonds is 5. The lowest BCUT2D eigenvalue weighted by Gasteiger charge is -2.05. The lowest BCUT2D eigenvalue weighted by molar-refractivity contribution is -0.139. The van der Waals surface area contributed by atoms with E-state index in [1.807, 2.05) is 19.9 Å². The third-order valence-electron chi connectivity index (χ3n) is 2.36. The summed E-state index contributed by atoms with van der Waals surface area (Å²) in [6.45, 7) is 8.95. The van der Waals surface area contributed by atoms with Gasteiger partial charge < -0.3 is 4.74 Å². The van der Waals surface area contributed by atoms with Crippen molar-refractivity contribution in [1.29, 1.82) is 0 Å². The molecule has 0 atom stereocenters. The fourth-order valence-corrected chi connectivity index (χ4v) is 1.50. The van der Waals surface area contributed by atoms with Crippen LogP contribution < -0.4 is 0 Å². The average Bonchev–Trinajstić information content (AvgIpc) is 2.63. The van der Waals surface area contributed by atoms with Gasteiger partial charge in [0.1, 0.15) is 0 Å². The summed E-state index contributed by atoms with van der Waals surface area (Å²) in [6.07, 6.45) is 0.779. The maximum absolute atomic E-state index is 11.8. The fourth-order valence-electron chi connectivity index (χ4n) is 1.50. The Balaban J connectivity index is 2.36. The summed E-state index contributed by atoms with van der Waals surface area (Å²) in [5.74, 6) is -0.513. The summed E-state index contributed by atoms with van der Waals surface area (Å²) >= 11 is 0. The molecule has 0 amide bonds. The van der Waals surface area contributed by atoms with Crippen molar-refractivity contribution in [2.45, 2.75) is 33.6 Å². The van der Waals surface area contributed by atoms with E-state index in [9.17, 15) is 9.59 Å². The zero-order valence-corrected chi connectivity index (χ0v) is 11.0. The maximum Gasteiger partial charge on any atom is 0.333 e. The van der Waals surface area contributed by atoms with Gasteiger partial charge in [0.25, 0.3) is 0 Å². The van der Waals surface area contributed by atoms with Crippen LogP contribution in [0, 0.1) is 13.8 Å². The number of nitrogens with zero attached hydrogens (tertiary/aromatic N) is 2. The summed E-state index contributed by atoms with van der Waals surface area (Å²) in [7, 11) is 0. The zero-order chi connectivity index (χ0) is 13.7. The van der Waals surface area contributed by atoms with Gasteiger partial charge in [-0.05, 0) is 33.3 Å². The van der Waals surface area contributed by atoms with Gasteiger partial charge in [0.05, 0.1) is 12.3 Å². The van der Waals surface area contributed by atoms with E-state index in [0.29, 0.717) is 18.4 Å². The van der Waals surface area contributed by atoms with Crippen molar-refractivity contribution < 1.29 is 14.3 Å². The SMILES string of the molecule is C=C(C)C(=O)OCCCC(=O)n1nc(C)cc1C. The Kier molecular flexibility index (Phi) is 4.83. The average molecular weight is 250 g/mol. The van der Waals surface area contributed by atoms with Crippen molar-refractivity contribution in [1.82, 2.24) is 9.78 Å². The molecule has 5 heteroatoms. The van der Waals surface area contributed by atoms with Crippen LogP contribution in [0.15, 0.2) is 18.2 Å². The number of hydrogen-bond donors (Lipinski definition) is 0. The van der Waals surface area contributed by atoms with Crippen LogP contribution in [0.4, 0.5) is 0 Å². The molecule has 0 aromatic carbocycles. The van der Waals surface area contributed by atoms with E-state index in [4.69, 9.17) is 4.74 Å². The summed E-state index contributed by atoms with van der Waals surface area (Å²) < 4.78 is 6.29. The third kappa shape index (κ3) is 3.84. The number of hydrogen-bond acceptors (Lipinski definition) is 4. The molecule has 0 saturated carbocycles. The first-order chi connectivity index (χ1) is 8.41. The monoisotopic (exact) mass is 250 g/mol. The zero-order valence-electron chi connectivity index (χ0n) is 11.0. The minimum atomic E-state index is -0.423. The van der Waals surface area contributed by atoms with E-state index in [1.54, 1.807) is 6.92 Å². The molecule has 0 aliphatic rings. The number of esters is 1. The molecule has 0 aliphatic carbocycles. The Morgan fingerprint density at radius 3 is 2.61 bits per heavy atom. The van der Waals surface area contributed by atoms with Crippen LogP contribution in [0.1, 0.15) is 35.9 Å². The Morgan fingerprint density at radius 1 is 1.44 bits per heavy atom. The third-order valence-corrected chi connectivity index (χ3v) is 2.36. The topological polar surface area (TPSA) is 61.2 Å². The smallest absolute Gasteiger partial charge is 0.333 e. The predicted molar refractivity (Wildman–Crippen MR) is 67.3 cm³/mol. The van der Waals surface area contributed by atoms with Crippen LogP contribution in [0.2, 0.25) is 0 Å². The highest BCUT2D eigenvalue weighted by molar-refractivity contribution is 5.86. The minimum absolute atomic E-state index is 0.0908. The van der Waals surface area contributed by atoms with Crippen LogP contribution >= 0.6 is 0 Å². The second-order valence-corrected chi connectivity index (χ2v) is 4.25. The Bertz CT molecular complexity index is 475. The van der Waals surface area contributed by atoms with Gasteiger partial charge in [-0.1, -0.05) is 6.58 Å². The van der Waals surface area contributed by atoms with Gasteiger partial charge in [-0.15, -0.1) is 0 Å². The molecule has 1 rings (SSSR count). The molecule has 1 aromatic heterocycles. The van der Waals surface area contributed by atoms with Crippen molar-refractivity contribution in [3.8, 4) is 0 Å². The second-order valence-electron chi connectivity index (χ2n) is 4.25. The molecule has 98 valence electrons. The van der Waals surface area contributed by atoms with Crippen LogP contribution in [0.25, 0.3) is 0 Å². The minimum Gasteiger partial charge on any atom is -0.462 e. The molecule has 0 bridgehead atoms. The summed E-state index contributed by atoms with van der Waals surface area (Å²) in [4.78, 5) is 22.9. The molecule has 0 radical (unpaired) electrons. The van der Waals surface area contributed by atoms with E-state index in [2.05, 4.69) is 11.7 Å². The highest BCUT2D eigenvalue weighted by Crippen LogP contribution is 2.04. The fraction of sp³-hybridized carbons (Fsp3) is 0.462. The summed E-state index contributed by atoms with van der Waals surface area (Å²) in [6, 6.07) is 1.85. The van der Waals surface area contributed by atoms with E-state index in [-0.39, 0.29) is 12.5 Å². The van der Waals surface area contributed by atoms with Gasteiger partial charge >= 0.3 is 5.97 Å². The Labute approximate surface area is 106 Å². The van der Waals surface area contributed by atoms with Crippen molar-refractivity contribution in [2.24, 2.45) is 0 Å². The molecule has 0 N–H and O–H groups in total. The lowest BCUT2D eigenvalue weighted by Crippen LogP contribution is -2.15. The Hall–Kier alpha value is -1.91. The number of carbonyl (C=O) groups is 2. The van der Waals surface area contributed by atoms with Gasteiger partial charge in [-0.3, -0.25) is 4.79 Å². The molecular weight excluding hydrogens is 232 g/mol. The molecule has 5 nitrogen and oxygen atoms in total. The van der Waals surface area contributed by atoms with Crippen LogP contribution in [-0.4, -0.2) is 28.3 Å².